The lowest BCUT2D eigenvalue weighted by atomic mass is 9.86. The largest absolute Gasteiger partial charge is 0.466 e. The van der Waals surface area contributed by atoms with Crippen LogP contribution in [0.3, 0.4) is 0 Å². The molecule has 0 bridgehead atoms. The summed E-state index contributed by atoms with van der Waals surface area (Å²) in [6, 6.07) is 6.84. The van der Waals surface area contributed by atoms with E-state index in [1.165, 1.54) is 0 Å². The Labute approximate surface area is 113 Å². The first kappa shape index (κ1) is 15.0. The average Bonchev–Trinajstić information content (AvgIpc) is 2.29. The molecular weight excluding hydrogens is 252 g/mol. The molecule has 2 atom stereocenters. The minimum absolute atomic E-state index is 0.00488. The Balaban J connectivity index is 2.92. The van der Waals surface area contributed by atoms with Crippen molar-refractivity contribution in [2.24, 2.45) is 11.8 Å². The number of ether oxygens (including phenoxy) is 1. The first-order valence-electron chi connectivity index (χ1n) is 6.07. The van der Waals surface area contributed by atoms with Crippen LogP contribution in [0.4, 0.5) is 0 Å². The molecule has 100 valence electrons. The van der Waals surface area contributed by atoms with Gasteiger partial charge in [-0.3, -0.25) is 4.79 Å². The molecule has 0 heterocycles. The lowest BCUT2D eigenvalue weighted by Gasteiger charge is -2.24. The molecular formula is C14H19ClO3. The monoisotopic (exact) mass is 270 g/mol. The smallest absolute Gasteiger partial charge is 0.312 e. The molecule has 2 unspecified atom stereocenters. The average molecular weight is 271 g/mol. The van der Waals surface area contributed by atoms with Crippen LogP contribution in [0.25, 0.3) is 0 Å². The zero-order valence-electron chi connectivity index (χ0n) is 10.9. The maximum atomic E-state index is 11.9. The summed E-state index contributed by atoms with van der Waals surface area (Å²) in [5, 5.41) is 10.9. The van der Waals surface area contributed by atoms with Gasteiger partial charge >= 0.3 is 5.97 Å². The van der Waals surface area contributed by atoms with Crippen LogP contribution in [-0.2, 0) is 9.53 Å². The summed E-state index contributed by atoms with van der Waals surface area (Å²) in [7, 11) is 0. The summed E-state index contributed by atoms with van der Waals surface area (Å²) < 4.78 is 5.01. The van der Waals surface area contributed by atoms with Crippen LogP contribution < -0.4 is 0 Å². The van der Waals surface area contributed by atoms with Crippen LogP contribution in [0.1, 0.15) is 32.4 Å². The molecule has 18 heavy (non-hydrogen) atoms. The van der Waals surface area contributed by atoms with E-state index in [1.807, 2.05) is 13.8 Å². The SMILES string of the molecule is CCOC(=O)C(C(C)C)C(O)c1ccc(Cl)cc1. The van der Waals surface area contributed by atoms with Gasteiger partial charge in [0, 0.05) is 5.02 Å². The van der Waals surface area contributed by atoms with Crippen molar-refractivity contribution in [1.29, 1.82) is 0 Å². The topological polar surface area (TPSA) is 46.5 Å². The Kier molecular flexibility index (Phi) is 5.63. The van der Waals surface area contributed by atoms with E-state index >= 15 is 0 Å². The minimum Gasteiger partial charge on any atom is -0.466 e. The highest BCUT2D eigenvalue weighted by Crippen LogP contribution is 2.29. The molecule has 0 spiro atoms. The fraction of sp³-hybridized carbons (Fsp3) is 0.500. The van der Waals surface area contributed by atoms with Gasteiger partial charge in [-0.15, -0.1) is 0 Å². The van der Waals surface area contributed by atoms with Gasteiger partial charge in [-0.25, -0.2) is 0 Å². The van der Waals surface area contributed by atoms with Crippen molar-refractivity contribution in [3.63, 3.8) is 0 Å². The van der Waals surface area contributed by atoms with Gasteiger partial charge in [0.1, 0.15) is 0 Å². The van der Waals surface area contributed by atoms with E-state index in [2.05, 4.69) is 0 Å². The van der Waals surface area contributed by atoms with E-state index in [0.29, 0.717) is 17.2 Å². The Bertz CT molecular complexity index is 387. The van der Waals surface area contributed by atoms with E-state index in [1.54, 1.807) is 31.2 Å². The van der Waals surface area contributed by atoms with Crippen molar-refractivity contribution in [2.45, 2.75) is 26.9 Å². The van der Waals surface area contributed by atoms with E-state index in [0.717, 1.165) is 0 Å². The van der Waals surface area contributed by atoms with Crippen LogP contribution in [0, 0.1) is 11.8 Å². The van der Waals surface area contributed by atoms with Crippen molar-refractivity contribution in [3.8, 4) is 0 Å². The number of halogens is 1. The standard InChI is InChI=1S/C14H19ClO3/c1-4-18-14(17)12(9(2)3)13(16)10-5-7-11(15)8-6-10/h5-9,12-13,16H,4H2,1-3H3. The molecule has 1 aromatic carbocycles. The number of carbonyl (C=O) groups excluding carboxylic acids is 1. The van der Waals surface area contributed by atoms with Gasteiger partial charge in [-0.05, 0) is 30.5 Å². The van der Waals surface area contributed by atoms with Gasteiger partial charge < -0.3 is 9.84 Å². The normalized spacial score (nSPS) is 14.3. The lowest BCUT2D eigenvalue weighted by Crippen LogP contribution is -2.29. The third-order valence-electron chi connectivity index (χ3n) is 2.83. The second-order valence-electron chi connectivity index (χ2n) is 4.52. The van der Waals surface area contributed by atoms with E-state index in [-0.39, 0.29) is 11.9 Å². The highest BCUT2D eigenvalue weighted by molar-refractivity contribution is 6.30. The molecule has 0 fully saturated rings. The fourth-order valence-electron chi connectivity index (χ4n) is 1.87. The van der Waals surface area contributed by atoms with Gasteiger partial charge in [-0.2, -0.15) is 0 Å². The van der Waals surface area contributed by atoms with Crippen molar-refractivity contribution < 1.29 is 14.6 Å². The van der Waals surface area contributed by atoms with Gasteiger partial charge in [0.25, 0.3) is 0 Å². The molecule has 0 aliphatic carbocycles. The predicted molar refractivity (Wildman–Crippen MR) is 71.4 cm³/mol. The molecule has 0 aliphatic rings. The highest BCUT2D eigenvalue weighted by Gasteiger charge is 2.32. The molecule has 1 N–H and O–H groups in total. The number of hydrogen-bond acceptors (Lipinski definition) is 3. The Morgan fingerprint density at radius 1 is 1.33 bits per heavy atom. The minimum atomic E-state index is -0.874. The number of benzene rings is 1. The van der Waals surface area contributed by atoms with E-state index in [9.17, 15) is 9.90 Å². The molecule has 0 aliphatic heterocycles. The zero-order valence-corrected chi connectivity index (χ0v) is 11.6. The predicted octanol–water partition coefficient (Wildman–Crippen LogP) is 3.21. The van der Waals surface area contributed by atoms with Gasteiger partial charge in [-0.1, -0.05) is 37.6 Å². The number of hydrogen-bond donors (Lipinski definition) is 1. The summed E-state index contributed by atoms with van der Waals surface area (Å²) in [5.41, 5.74) is 0.672. The van der Waals surface area contributed by atoms with Crippen LogP contribution >= 0.6 is 11.6 Å². The molecule has 0 radical (unpaired) electrons. The summed E-state index contributed by atoms with van der Waals surface area (Å²) in [4.78, 5) is 11.9. The Hall–Kier alpha value is -1.06. The van der Waals surface area contributed by atoms with Crippen molar-refractivity contribution in [2.75, 3.05) is 6.61 Å². The number of carbonyl (C=O) groups is 1. The van der Waals surface area contributed by atoms with Crippen molar-refractivity contribution >= 4 is 17.6 Å². The lowest BCUT2D eigenvalue weighted by molar-refractivity contribution is -0.154. The van der Waals surface area contributed by atoms with Crippen molar-refractivity contribution in [3.05, 3.63) is 34.9 Å². The first-order chi connectivity index (χ1) is 8.47. The number of aliphatic hydroxyl groups excluding tert-OH is 1. The maximum absolute atomic E-state index is 11.9. The third kappa shape index (κ3) is 3.72. The molecule has 1 rings (SSSR count). The van der Waals surface area contributed by atoms with Crippen molar-refractivity contribution in [1.82, 2.24) is 0 Å². The number of aliphatic hydroxyl groups is 1. The van der Waals surface area contributed by atoms with E-state index in [4.69, 9.17) is 16.3 Å². The van der Waals surface area contributed by atoms with Crippen LogP contribution in [0.2, 0.25) is 5.02 Å². The quantitative estimate of drug-likeness (QED) is 0.836. The van der Waals surface area contributed by atoms with Gasteiger partial charge in [0.2, 0.25) is 0 Å². The molecule has 3 nitrogen and oxygen atoms in total. The Morgan fingerprint density at radius 3 is 2.33 bits per heavy atom. The summed E-state index contributed by atoms with van der Waals surface area (Å²) in [6.07, 6.45) is -0.874. The third-order valence-corrected chi connectivity index (χ3v) is 3.08. The fourth-order valence-corrected chi connectivity index (χ4v) is 2.00. The molecule has 0 amide bonds. The van der Waals surface area contributed by atoms with Crippen LogP contribution in [0.5, 0.6) is 0 Å². The highest BCUT2D eigenvalue weighted by atomic mass is 35.5. The number of rotatable bonds is 5. The second kappa shape index (κ2) is 6.76. The molecule has 4 heteroatoms. The Morgan fingerprint density at radius 2 is 1.89 bits per heavy atom. The molecule has 1 aromatic rings. The summed E-state index contributed by atoms with van der Waals surface area (Å²) in [6.45, 7) is 5.85. The summed E-state index contributed by atoms with van der Waals surface area (Å²) >= 11 is 5.80. The maximum Gasteiger partial charge on any atom is 0.312 e. The van der Waals surface area contributed by atoms with Crippen LogP contribution in [0.15, 0.2) is 24.3 Å². The van der Waals surface area contributed by atoms with Gasteiger partial charge in [0.15, 0.2) is 0 Å². The van der Waals surface area contributed by atoms with Crippen LogP contribution in [-0.4, -0.2) is 17.7 Å². The molecule has 0 saturated heterocycles. The summed E-state index contributed by atoms with van der Waals surface area (Å²) in [5.74, 6) is -0.934. The first-order valence-corrected chi connectivity index (χ1v) is 6.45. The molecule has 0 saturated carbocycles. The molecule has 0 aromatic heterocycles. The second-order valence-corrected chi connectivity index (χ2v) is 4.95. The zero-order chi connectivity index (χ0) is 13.7. The van der Waals surface area contributed by atoms with E-state index < -0.39 is 12.0 Å². The number of esters is 1. The van der Waals surface area contributed by atoms with Gasteiger partial charge in [0.05, 0.1) is 18.6 Å².